The Labute approximate surface area is 218 Å². The van der Waals surface area contributed by atoms with Gasteiger partial charge in [-0.15, -0.1) is 0 Å². The molecule has 1 heterocycles. The van der Waals surface area contributed by atoms with E-state index < -0.39 is 29.3 Å². The molecule has 1 aliphatic rings. The Morgan fingerprint density at radius 1 is 1.05 bits per heavy atom. The number of hydrogen-bond acceptors (Lipinski definition) is 6. The maximum Gasteiger partial charge on any atom is 0.295 e. The molecule has 0 aromatic heterocycles. The number of nitrogens with zero attached hydrogens (tertiary/aromatic N) is 2. The number of Topliss-reactive ketones (excluding diaryl/α,β-unsaturated/α-hetero) is 1. The van der Waals surface area contributed by atoms with Crippen LogP contribution in [0.2, 0.25) is 0 Å². The first-order valence-corrected chi connectivity index (χ1v) is 12.9. The third-order valence-corrected chi connectivity index (χ3v) is 6.73. The molecule has 1 aliphatic heterocycles. The van der Waals surface area contributed by atoms with Crippen LogP contribution in [-0.2, 0) is 9.59 Å². The second-order valence-electron chi connectivity index (χ2n) is 8.99. The molecule has 1 N–H and O–H groups in total. The summed E-state index contributed by atoms with van der Waals surface area (Å²) in [5, 5.41) is 11.2. The van der Waals surface area contributed by atoms with Gasteiger partial charge in [-0.05, 0) is 55.4 Å². The summed E-state index contributed by atoms with van der Waals surface area (Å²) in [6.45, 7) is 9.30. The SMILES string of the molecule is CCCCCOc1ccc(C2C(=C(O)c3ccc(OC)c(F)c3)C(=O)C(=O)N2CCN(CC)CC)cc1. The predicted molar refractivity (Wildman–Crippen MR) is 141 cm³/mol. The summed E-state index contributed by atoms with van der Waals surface area (Å²) >= 11 is 0. The molecule has 0 saturated carbocycles. The highest BCUT2D eigenvalue weighted by atomic mass is 19.1. The summed E-state index contributed by atoms with van der Waals surface area (Å²) in [6.07, 6.45) is 3.15. The molecular weight excluding hydrogens is 475 g/mol. The van der Waals surface area contributed by atoms with Crippen LogP contribution in [0.15, 0.2) is 48.0 Å². The van der Waals surface area contributed by atoms with Crippen molar-refractivity contribution in [1.82, 2.24) is 9.80 Å². The minimum absolute atomic E-state index is 0.0160. The monoisotopic (exact) mass is 512 g/mol. The summed E-state index contributed by atoms with van der Waals surface area (Å²) in [7, 11) is 1.34. The Morgan fingerprint density at radius 2 is 1.76 bits per heavy atom. The summed E-state index contributed by atoms with van der Waals surface area (Å²) in [5.41, 5.74) is 0.696. The molecule has 0 bridgehead atoms. The fourth-order valence-electron chi connectivity index (χ4n) is 4.50. The molecule has 3 rings (SSSR count). The van der Waals surface area contributed by atoms with Gasteiger partial charge < -0.3 is 24.4 Å². The molecule has 7 nitrogen and oxygen atoms in total. The van der Waals surface area contributed by atoms with E-state index in [1.807, 2.05) is 13.8 Å². The number of aliphatic hydroxyl groups is 1. The quantitative estimate of drug-likeness (QED) is 0.173. The molecule has 2 aromatic rings. The number of ether oxygens (including phenoxy) is 2. The van der Waals surface area contributed by atoms with Gasteiger partial charge in [0.25, 0.3) is 11.7 Å². The maximum absolute atomic E-state index is 14.4. The first-order valence-electron chi connectivity index (χ1n) is 12.9. The van der Waals surface area contributed by atoms with Crippen LogP contribution in [0.4, 0.5) is 4.39 Å². The van der Waals surface area contributed by atoms with Crippen molar-refractivity contribution < 1.29 is 28.6 Å². The van der Waals surface area contributed by atoms with Gasteiger partial charge in [-0.1, -0.05) is 45.7 Å². The van der Waals surface area contributed by atoms with Gasteiger partial charge in [0.1, 0.15) is 11.5 Å². The number of rotatable bonds is 13. The summed E-state index contributed by atoms with van der Waals surface area (Å²) in [4.78, 5) is 30.0. The standard InChI is InChI=1S/C29H37FN2O5/c1-5-8-9-18-37-22-13-10-20(11-14-22)26-25(27(33)21-12-15-24(36-4)23(30)19-21)28(34)29(35)32(26)17-16-31(6-2)7-3/h10-15,19,26,33H,5-9,16-18H2,1-4H3. The highest BCUT2D eigenvalue weighted by Crippen LogP contribution is 2.40. The van der Waals surface area contributed by atoms with Crippen LogP contribution < -0.4 is 9.47 Å². The van der Waals surface area contributed by atoms with Crippen LogP contribution in [0.25, 0.3) is 5.76 Å². The molecule has 37 heavy (non-hydrogen) atoms. The van der Waals surface area contributed by atoms with E-state index in [-0.39, 0.29) is 16.9 Å². The Hall–Kier alpha value is -3.39. The third-order valence-electron chi connectivity index (χ3n) is 6.73. The number of likely N-dealkylation sites (tertiary alicyclic amines) is 1. The van der Waals surface area contributed by atoms with Crippen LogP contribution in [0.5, 0.6) is 11.5 Å². The molecule has 0 aliphatic carbocycles. The number of ketones is 1. The lowest BCUT2D eigenvalue weighted by Gasteiger charge is -2.28. The minimum Gasteiger partial charge on any atom is -0.507 e. The summed E-state index contributed by atoms with van der Waals surface area (Å²) < 4.78 is 25.2. The van der Waals surface area contributed by atoms with Crippen molar-refractivity contribution in [2.45, 2.75) is 46.1 Å². The molecule has 1 saturated heterocycles. The molecular formula is C29H37FN2O5. The lowest BCUT2D eigenvalue weighted by Crippen LogP contribution is -2.38. The van der Waals surface area contributed by atoms with Gasteiger partial charge in [-0.3, -0.25) is 9.59 Å². The first kappa shape index (κ1) is 28.2. The van der Waals surface area contributed by atoms with Crippen LogP contribution >= 0.6 is 0 Å². The smallest absolute Gasteiger partial charge is 0.295 e. The number of amides is 1. The molecule has 1 fully saturated rings. The van der Waals surface area contributed by atoms with E-state index in [1.54, 1.807) is 24.3 Å². The minimum atomic E-state index is -0.810. The maximum atomic E-state index is 14.4. The van der Waals surface area contributed by atoms with E-state index in [2.05, 4.69) is 11.8 Å². The summed E-state index contributed by atoms with van der Waals surface area (Å²) in [5.74, 6) is -1.87. The first-order chi connectivity index (χ1) is 17.9. The number of benzene rings is 2. The van der Waals surface area contributed by atoms with Gasteiger partial charge in [0.2, 0.25) is 0 Å². The van der Waals surface area contributed by atoms with E-state index >= 15 is 0 Å². The number of carbonyl (C=O) groups is 2. The fraction of sp³-hybridized carbons (Fsp3) is 0.448. The normalized spacial score (nSPS) is 17.0. The van der Waals surface area contributed by atoms with Gasteiger partial charge in [-0.25, -0.2) is 4.39 Å². The lowest BCUT2D eigenvalue weighted by atomic mass is 9.95. The third kappa shape index (κ3) is 6.49. The van der Waals surface area contributed by atoms with E-state index in [0.717, 1.165) is 38.4 Å². The van der Waals surface area contributed by atoms with Crippen molar-refractivity contribution in [3.05, 3.63) is 65.0 Å². The van der Waals surface area contributed by atoms with E-state index in [9.17, 15) is 19.1 Å². The Kier molecular flexibility index (Phi) is 10.1. The zero-order valence-corrected chi connectivity index (χ0v) is 22.1. The molecule has 1 atom stereocenters. The Bertz CT molecular complexity index is 1110. The number of halogens is 1. The van der Waals surface area contributed by atoms with Gasteiger partial charge >= 0.3 is 0 Å². The average Bonchev–Trinajstić information content (AvgIpc) is 3.16. The van der Waals surface area contributed by atoms with E-state index in [4.69, 9.17) is 9.47 Å². The second kappa shape index (κ2) is 13.2. The Balaban J connectivity index is 2.01. The fourth-order valence-corrected chi connectivity index (χ4v) is 4.50. The highest BCUT2D eigenvalue weighted by molar-refractivity contribution is 6.46. The van der Waals surface area contributed by atoms with Crippen molar-refractivity contribution in [3.8, 4) is 11.5 Å². The number of hydrogen-bond donors (Lipinski definition) is 1. The number of carbonyl (C=O) groups excluding carboxylic acids is 2. The molecule has 1 amide bonds. The predicted octanol–water partition coefficient (Wildman–Crippen LogP) is 5.17. The number of methoxy groups -OCH3 is 1. The molecule has 0 radical (unpaired) electrons. The lowest BCUT2D eigenvalue weighted by molar-refractivity contribution is -0.140. The van der Waals surface area contributed by atoms with Crippen molar-refractivity contribution >= 4 is 17.4 Å². The zero-order valence-electron chi connectivity index (χ0n) is 22.1. The molecule has 0 spiro atoms. The molecule has 1 unspecified atom stereocenters. The van der Waals surface area contributed by atoms with Gasteiger partial charge in [0, 0.05) is 18.7 Å². The number of unbranched alkanes of at least 4 members (excludes halogenated alkanes) is 2. The van der Waals surface area contributed by atoms with Crippen molar-refractivity contribution in [1.29, 1.82) is 0 Å². The highest BCUT2D eigenvalue weighted by Gasteiger charge is 2.46. The van der Waals surface area contributed by atoms with Crippen LogP contribution in [0.3, 0.4) is 0 Å². The average molecular weight is 513 g/mol. The van der Waals surface area contributed by atoms with Crippen molar-refractivity contribution in [2.24, 2.45) is 0 Å². The van der Waals surface area contributed by atoms with Crippen LogP contribution in [0.1, 0.15) is 57.2 Å². The number of aliphatic hydroxyl groups excluding tert-OH is 1. The van der Waals surface area contributed by atoms with Gasteiger partial charge in [0.15, 0.2) is 11.6 Å². The molecule has 2 aromatic carbocycles. The van der Waals surface area contributed by atoms with Gasteiger partial charge in [0.05, 0.1) is 25.3 Å². The zero-order chi connectivity index (χ0) is 26.9. The van der Waals surface area contributed by atoms with Gasteiger partial charge in [-0.2, -0.15) is 0 Å². The van der Waals surface area contributed by atoms with Crippen molar-refractivity contribution in [2.75, 3.05) is 39.9 Å². The topological polar surface area (TPSA) is 79.3 Å². The summed E-state index contributed by atoms with van der Waals surface area (Å²) in [6, 6.07) is 10.3. The molecule has 200 valence electrons. The van der Waals surface area contributed by atoms with Crippen LogP contribution in [-0.4, -0.2) is 66.5 Å². The molecule has 8 heteroatoms. The van der Waals surface area contributed by atoms with Crippen LogP contribution in [0, 0.1) is 5.82 Å². The van der Waals surface area contributed by atoms with E-state index in [1.165, 1.54) is 24.1 Å². The second-order valence-corrected chi connectivity index (χ2v) is 8.99. The van der Waals surface area contributed by atoms with Crippen molar-refractivity contribution in [3.63, 3.8) is 0 Å². The largest absolute Gasteiger partial charge is 0.507 e. The Morgan fingerprint density at radius 3 is 2.35 bits per heavy atom. The number of likely N-dealkylation sites (N-methyl/N-ethyl adjacent to an activating group) is 1. The van der Waals surface area contributed by atoms with E-state index in [0.29, 0.717) is 31.0 Å².